The van der Waals surface area contributed by atoms with Gasteiger partial charge in [0.15, 0.2) is 11.9 Å². The quantitative estimate of drug-likeness (QED) is 0.290. The van der Waals surface area contributed by atoms with Crippen molar-refractivity contribution >= 4 is 11.8 Å². The molecule has 2 aliphatic carbocycles. The zero-order valence-electron chi connectivity index (χ0n) is 11.5. The van der Waals surface area contributed by atoms with E-state index in [1.807, 2.05) is 13.8 Å². The molecule has 0 aromatic heterocycles. The zero-order valence-corrected chi connectivity index (χ0v) is 11.5. The molecule has 3 fully saturated rings. The van der Waals surface area contributed by atoms with Crippen molar-refractivity contribution < 1.29 is 24.1 Å². The fourth-order valence-electron chi connectivity index (χ4n) is 4.04. The standard InChI is InChI=1S/C15H16O5/c1-7-8-4-5-15-9(11(8)18-13(7)17)6-10(19-20-15)12(16)14(15,2)3/h6,8,10-11H,1,4-5H2,2-3H3/t8-,10+,11-,15-/m0/s1. The van der Waals surface area contributed by atoms with Gasteiger partial charge in [-0.05, 0) is 32.8 Å². The second kappa shape index (κ2) is 3.40. The molecule has 0 aromatic carbocycles. The molecule has 2 saturated heterocycles. The molecule has 0 amide bonds. The van der Waals surface area contributed by atoms with Crippen LogP contribution < -0.4 is 0 Å². The Hall–Kier alpha value is -1.46. The third kappa shape index (κ3) is 1.13. The second-order valence-corrected chi connectivity index (χ2v) is 6.53. The van der Waals surface area contributed by atoms with Crippen molar-refractivity contribution in [3.63, 3.8) is 0 Å². The molecule has 1 saturated carbocycles. The summed E-state index contributed by atoms with van der Waals surface area (Å²) in [6, 6.07) is 0. The largest absolute Gasteiger partial charge is 0.454 e. The number of fused-ring (bicyclic) bond motifs is 3. The number of hydrogen-bond donors (Lipinski definition) is 0. The molecule has 5 aliphatic rings. The first kappa shape index (κ1) is 12.3. The van der Waals surface area contributed by atoms with Gasteiger partial charge in [-0.3, -0.25) is 4.79 Å². The van der Waals surface area contributed by atoms with Gasteiger partial charge in [-0.25, -0.2) is 14.6 Å². The Bertz CT molecular complexity index is 587. The van der Waals surface area contributed by atoms with Crippen LogP contribution >= 0.6 is 0 Å². The number of carbonyl (C=O) groups excluding carboxylic acids is 2. The highest BCUT2D eigenvalue weighted by molar-refractivity contribution is 5.95. The van der Waals surface area contributed by atoms with E-state index >= 15 is 0 Å². The van der Waals surface area contributed by atoms with E-state index < -0.39 is 17.1 Å². The third-order valence-electron chi connectivity index (χ3n) is 5.40. The summed E-state index contributed by atoms with van der Waals surface area (Å²) in [5.41, 5.74) is -0.0921. The minimum Gasteiger partial charge on any atom is -0.454 e. The molecule has 106 valence electrons. The summed E-state index contributed by atoms with van der Waals surface area (Å²) < 4.78 is 5.47. The zero-order chi connectivity index (χ0) is 14.3. The second-order valence-electron chi connectivity index (χ2n) is 6.53. The predicted molar refractivity (Wildman–Crippen MR) is 67.3 cm³/mol. The van der Waals surface area contributed by atoms with Gasteiger partial charge in [0.1, 0.15) is 11.7 Å². The number of ketones is 1. The number of rotatable bonds is 0. The van der Waals surface area contributed by atoms with Gasteiger partial charge in [0.25, 0.3) is 0 Å². The SMILES string of the molecule is C=C1C(=O)O[C@@H]2C3=C[C@H]4OO[C@]3(CC[C@@H]12)C(C)(C)C4=O. The highest BCUT2D eigenvalue weighted by Gasteiger charge is 2.67. The minimum atomic E-state index is -0.815. The molecular formula is C15H16O5. The predicted octanol–water partition coefficient (Wildman–Crippen LogP) is 1.48. The van der Waals surface area contributed by atoms with E-state index in [4.69, 9.17) is 14.5 Å². The van der Waals surface area contributed by atoms with Gasteiger partial charge in [-0.1, -0.05) is 6.58 Å². The van der Waals surface area contributed by atoms with Gasteiger partial charge in [-0.2, -0.15) is 0 Å². The Morgan fingerprint density at radius 2 is 2.10 bits per heavy atom. The summed E-state index contributed by atoms with van der Waals surface area (Å²) in [5, 5.41) is 0. The Morgan fingerprint density at radius 1 is 1.35 bits per heavy atom. The number of ether oxygens (including phenoxy) is 1. The van der Waals surface area contributed by atoms with Crippen LogP contribution in [0.1, 0.15) is 26.7 Å². The molecule has 0 aromatic rings. The summed E-state index contributed by atoms with van der Waals surface area (Å²) in [7, 11) is 0. The molecule has 3 aliphatic heterocycles. The molecule has 1 spiro atoms. The van der Waals surface area contributed by atoms with Crippen LogP contribution in [0.3, 0.4) is 0 Å². The van der Waals surface area contributed by atoms with Crippen molar-refractivity contribution in [3.8, 4) is 0 Å². The normalized spacial score (nSPS) is 44.8. The first-order valence-electron chi connectivity index (χ1n) is 6.89. The van der Waals surface area contributed by atoms with Crippen molar-refractivity contribution in [1.29, 1.82) is 0 Å². The summed E-state index contributed by atoms with van der Waals surface area (Å²) >= 11 is 0. The van der Waals surface area contributed by atoms with Crippen LogP contribution in [-0.2, 0) is 24.1 Å². The average Bonchev–Trinajstić information content (AvgIpc) is 2.71. The maximum absolute atomic E-state index is 12.4. The van der Waals surface area contributed by atoms with Crippen LogP contribution in [0.25, 0.3) is 0 Å². The fraction of sp³-hybridized carbons (Fsp3) is 0.600. The lowest BCUT2D eigenvalue weighted by Crippen LogP contribution is -2.66. The van der Waals surface area contributed by atoms with Crippen LogP contribution in [0, 0.1) is 11.3 Å². The van der Waals surface area contributed by atoms with Crippen LogP contribution in [0.2, 0.25) is 0 Å². The van der Waals surface area contributed by atoms with Crippen molar-refractivity contribution in [2.24, 2.45) is 11.3 Å². The highest BCUT2D eigenvalue weighted by Crippen LogP contribution is 2.59. The Labute approximate surface area is 116 Å². The van der Waals surface area contributed by atoms with Crippen LogP contribution in [0.5, 0.6) is 0 Å². The van der Waals surface area contributed by atoms with Gasteiger partial charge in [0.2, 0.25) is 0 Å². The lowest BCUT2D eigenvalue weighted by atomic mass is 9.55. The minimum absolute atomic E-state index is 0.00627. The van der Waals surface area contributed by atoms with Crippen molar-refractivity contribution in [2.75, 3.05) is 0 Å². The molecular weight excluding hydrogens is 260 g/mol. The van der Waals surface area contributed by atoms with Crippen LogP contribution in [-0.4, -0.2) is 29.6 Å². The Morgan fingerprint density at radius 3 is 2.85 bits per heavy atom. The molecule has 5 rings (SSSR count). The van der Waals surface area contributed by atoms with E-state index in [1.54, 1.807) is 6.08 Å². The van der Waals surface area contributed by atoms with Gasteiger partial charge in [0.05, 0.1) is 5.41 Å². The number of Topliss-reactive ketones (excluding diaryl/α,β-unsaturated/α-hetero) is 1. The summed E-state index contributed by atoms with van der Waals surface area (Å²) in [6.07, 6.45) is 2.05. The molecule has 4 atom stereocenters. The summed E-state index contributed by atoms with van der Waals surface area (Å²) in [4.78, 5) is 35.0. The van der Waals surface area contributed by atoms with Gasteiger partial charge in [-0.15, -0.1) is 0 Å². The Kier molecular flexibility index (Phi) is 2.09. The topological polar surface area (TPSA) is 61.8 Å². The monoisotopic (exact) mass is 276 g/mol. The lowest BCUT2D eigenvalue weighted by Gasteiger charge is -2.56. The van der Waals surface area contributed by atoms with Crippen molar-refractivity contribution in [1.82, 2.24) is 0 Å². The molecule has 2 bridgehead atoms. The van der Waals surface area contributed by atoms with Crippen molar-refractivity contribution in [2.45, 2.75) is 44.5 Å². The van der Waals surface area contributed by atoms with E-state index in [9.17, 15) is 9.59 Å². The maximum atomic E-state index is 12.4. The van der Waals surface area contributed by atoms with Crippen molar-refractivity contribution in [3.05, 3.63) is 23.8 Å². The van der Waals surface area contributed by atoms with Gasteiger partial charge >= 0.3 is 5.97 Å². The molecule has 0 N–H and O–H groups in total. The summed E-state index contributed by atoms with van der Waals surface area (Å²) in [6.45, 7) is 7.58. The highest BCUT2D eigenvalue weighted by atomic mass is 17.2. The maximum Gasteiger partial charge on any atom is 0.334 e. The smallest absolute Gasteiger partial charge is 0.334 e. The van der Waals surface area contributed by atoms with Crippen LogP contribution in [0.4, 0.5) is 0 Å². The van der Waals surface area contributed by atoms with E-state index in [2.05, 4.69) is 6.58 Å². The Balaban J connectivity index is 1.87. The van der Waals surface area contributed by atoms with E-state index in [0.29, 0.717) is 18.4 Å². The van der Waals surface area contributed by atoms with E-state index in [1.165, 1.54) is 0 Å². The van der Waals surface area contributed by atoms with Gasteiger partial charge < -0.3 is 4.74 Å². The lowest BCUT2D eigenvalue weighted by molar-refractivity contribution is -0.411. The molecule has 3 heterocycles. The molecule has 0 unspecified atom stereocenters. The first-order valence-corrected chi connectivity index (χ1v) is 6.89. The van der Waals surface area contributed by atoms with E-state index in [-0.39, 0.29) is 23.8 Å². The summed E-state index contributed by atoms with van der Waals surface area (Å²) in [5.74, 6) is -0.327. The number of esters is 1. The molecule has 0 radical (unpaired) electrons. The third-order valence-corrected chi connectivity index (χ3v) is 5.40. The first-order chi connectivity index (χ1) is 9.38. The fourth-order valence-corrected chi connectivity index (χ4v) is 4.04. The molecule has 20 heavy (non-hydrogen) atoms. The van der Waals surface area contributed by atoms with Gasteiger partial charge in [0, 0.05) is 17.1 Å². The molecule has 5 nitrogen and oxygen atoms in total. The number of hydrogen-bond acceptors (Lipinski definition) is 5. The molecule has 5 heteroatoms. The van der Waals surface area contributed by atoms with Crippen LogP contribution in [0.15, 0.2) is 23.8 Å². The average molecular weight is 276 g/mol. The number of carbonyl (C=O) groups is 2. The van der Waals surface area contributed by atoms with E-state index in [0.717, 1.165) is 5.57 Å².